The van der Waals surface area contributed by atoms with E-state index in [1.165, 1.54) is 19.0 Å². The second-order valence-electron chi connectivity index (χ2n) is 11.1. The van der Waals surface area contributed by atoms with Gasteiger partial charge in [-0.2, -0.15) is 12.7 Å². The lowest BCUT2D eigenvalue weighted by molar-refractivity contribution is -0.140. The van der Waals surface area contributed by atoms with Crippen molar-refractivity contribution in [3.63, 3.8) is 0 Å². The van der Waals surface area contributed by atoms with Crippen LogP contribution in [0.15, 0.2) is 72.8 Å². The van der Waals surface area contributed by atoms with Gasteiger partial charge in [-0.1, -0.05) is 79.2 Å². The fourth-order valence-corrected chi connectivity index (χ4v) is 5.81. The van der Waals surface area contributed by atoms with Crippen LogP contribution in [0.3, 0.4) is 0 Å². The summed E-state index contributed by atoms with van der Waals surface area (Å²) >= 11 is 0. The zero-order valence-corrected chi connectivity index (χ0v) is 26.6. The van der Waals surface area contributed by atoms with Gasteiger partial charge >= 0.3 is 10.2 Å². The first kappa shape index (κ1) is 32.8. The van der Waals surface area contributed by atoms with Crippen LogP contribution in [-0.2, 0) is 32.8 Å². The topological polar surface area (TPSA) is 90.0 Å². The van der Waals surface area contributed by atoms with Crippen LogP contribution >= 0.6 is 0 Å². The first-order valence-corrected chi connectivity index (χ1v) is 15.7. The average Bonchev–Trinajstić information content (AvgIpc) is 2.95. The Morgan fingerprint density at radius 3 is 2.12 bits per heavy atom. The van der Waals surface area contributed by atoms with E-state index in [4.69, 9.17) is 0 Å². The lowest BCUT2D eigenvalue weighted by Crippen LogP contribution is -2.55. The van der Waals surface area contributed by atoms with Crippen molar-refractivity contribution < 1.29 is 18.0 Å². The Morgan fingerprint density at radius 1 is 0.857 bits per heavy atom. The van der Waals surface area contributed by atoms with Crippen LogP contribution in [0.4, 0.5) is 5.69 Å². The van der Waals surface area contributed by atoms with Gasteiger partial charge in [0.05, 0.1) is 5.69 Å². The third-order valence-corrected chi connectivity index (χ3v) is 9.17. The summed E-state index contributed by atoms with van der Waals surface area (Å²) in [6.45, 7) is 9.27. The molecule has 3 aromatic rings. The Morgan fingerprint density at radius 2 is 1.50 bits per heavy atom. The average molecular weight is 593 g/mol. The van der Waals surface area contributed by atoms with E-state index in [1.807, 2.05) is 101 Å². The lowest BCUT2D eigenvalue weighted by Gasteiger charge is -2.35. The summed E-state index contributed by atoms with van der Waals surface area (Å²) < 4.78 is 29.5. The van der Waals surface area contributed by atoms with Crippen LogP contribution in [0.5, 0.6) is 0 Å². The van der Waals surface area contributed by atoms with Gasteiger partial charge in [-0.15, -0.1) is 0 Å². The molecule has 8 nitrogen and oxygen atoms in total. The summed E-state index contributed by atoms with van der Waals surface area (Å²) in [4.78, 5) is 29.8. The zero-order valence-electron chi connectivity index (χ0n) is 25.8. The molecule has 0 fully saturated rings. The zero-order chi connectivity index (χ0) is 31.0. The summed E-state index contributed by atoms with van der Waals surface area (Å²) in [7, 11) is -1.16. The molecule has 42 heavy (non-hydrogen) atoms. The Hall–Kier alpha value is -3.69. The Kier molecular flexibility index (Phi) is 11.3. The molecule has 0 saturated carbocycles. The molecule has 0 heterocycles. The highest BCUT2D eigenvalue weighted by Gasteiger charge is 2.35. The summed E-state index contributed by atoms with van der Waals surface area (Å²) in [5.41, 5.74) is 4.79. The first-order valence-electron chi connectivity index (χ1n) is 14.3. The van der Waals surface area contributed by atoms with E-state index in [0.717, 1.165) is 42.8 Å². The largest absolute Gasteiger partial charge is 0.352 e. The van der Waals surface area contributed by atoms with Gasteiger partial charge in [0, 0.05) is 33.1 Å². The molecule has 0 aliphatic carbocycles. The lowest BCUT2D eigenvalue weighted by atomic mass is 10.0. The molecule has 0 radical (unpaired) electrons. The molecular formula is C33H44N4O4S. The highest BCUT2D eigenvalue weighted by molar-refractivity contribution is 7.90. The molecule has 0 bridgehead atoms. The number of anilines is 1. The van der Waals surface area contributed by atoms with E-state index >= 15 is 0 Å². The number of rotatable bonds is 13. The number of nitrogens with one attached hydrogen (secondary N) is 1. The minimum absolute atomic E-state index is 0.0905. The van der Waals surface area contributed by atoms with Crippen molar-refractivity contribution in [3.8, 4) is 0 Å². The molecule has 1 N–H and O–H groups in total. The van der Waals surface area contributed by atoms with Crippen molar-refractivity contribution in [2.75, 3.05) is 24.9 Å². The van der Waals surface area contributed by atoms with Crippen molar-refractivity contribution in [2.45, 2.75) is 66.1 Å². The summed E-state index contributed by atoms with van der Waals surface area (Å²) in [5, 5.41) is 3.06. The van der Waals surface area contributed by atoms with Gasteiger partial charge in [-0.25, -0.2) is 4.31 Å². The molecule has 3 aromatic carbocycles. The molecule has 0 aliphatic heterocycles. The van der Waals surface area contributed by atoms with Gasteiger partial charge in [0.2, 0.25) is 11.8 Å². The quantitative estimate of drug-likeness (QED) is 0.309. The maximum absolute atomic E-state index is 14.4. The van der Waals surface area contributed by atoms with Crippen molar-refractivity contribution in [3.05, 3.63) is 101 Å². The summed E-state index contributed by atoms with van der Waals surface area (Å²) in [6, 6.07) is 21.9. The normalized spacial score (nSPS) is 13.0. The van der Waals surface area contributed by atoms with E-state index < -0.39 is 28.7 Å². The van der Waals surface area contributed by atoms with Crippen LogP contribution in [0, 0.1) is 20.8 Å². The van der Waals surface area contributed by atoms with Gasteiger partial charge in [0.15, 0.2) is 0 Å². The van der Waals surface area contributed by atoms with Crippen LogP contribution in [0.2, 0.25) is 0 Å². The van der Waals surface area contributed by atoms with Crippen LogP contribution in [0.25, 0.3) is 0 Å². The van der Waals surface area contributed by atoms with Crippen molar-refractivity contribution >= 4 is 27.7 Å². The molecule has 0 saturated heterocycles. The fourth-order valence-electron chi connectivity index (χ4n) is 4.69. The summed E-state index contributed by atoms with van der Waals surface area (Å²) in [5.74, 6) is -0.744. The molecule has 0 aromatic heterocycles. The minimum atomic E-state index is -4.05. The second-order valence-corrected chi connectivity index (χ2v) is 13.2. The Bertz CT molecular complexity index is 1470. The monoisotopic (exact) mass is 592 g/mol. The standard InChI is InChI=1S/C33H44N4O4S/c1-8-27(5)34-33(39)31(21-28-14-10-9-11-15-28)36(22-29-16-12-13-24(2)19-29)32(38)23-37(42(40,41)35(6)7)30-20-25(3)17-18-26(30)4/h9-20,27,31H,8,21-23H2,1-7H3,(H,34,39)/t27-,31+/m0/s1. The van der Waals surface area contributed by atoms with E-state index in [0.29, 0.717) is 5.69 Å². The molecule has 0 unspecified atom stereocenters. The highest BCUT2D eigenvalue weighted by Crippen LogP contribution is 2.26. The predicted octanol–water partition coefficient (Wildman–Crippen LogP) is 4.78. The molecule has 0 spiro atoms. The van der Waals surface area contributed by atoms with Gasteiger partial charge in [-0.05, 0) is 62.4 Å². The smallest absolute Gasteiger partial charge is 0.304 e. The molecule has 226 valence electrons. The number of hydrogen-bond acceptors (Lipinski definition) is 4. The van der Waals surface area contributed by atoms with Crippen molar-refractivity contribution in [2.24, 2.45) is 0 Å². The number of carbonyl (C=O) groups is 2. The van der Waals surface area contributed by atoms with Crippen LogP contribution < -0.4 is 9.62 Å². The highest BCUT2D eigenvalue weighted by atomic mass is 32.2. The van der Waals surface area contributed by atoms with Gasteiger partial charge < -0.3 is 10.2 Å². The van der Waals surface area contributed by atoms with Crippen molar-refractivity contribution in [1.82, 2.24) is 14.5 Å². The first-order chi connectivity index (χ1) is 19.8. The molecule has 9 heteroatoms. The number of aryl methyl sites for hydroxylation is 3. The number of hydrogen-bond donors (Lipinski definition) is 1. The second kappa shape index (κ2) is 14.5. The van der Waals surface area contributed by atoms with E-state index in [9.17, 15) is 18.0 Å². The number of benzene rings is 3. The van der Waals surface area contributed by atoms with E-state index in [1.54, 1.807) is 6.07 Å². The SMILES string of the molecule is CC[C@H](C)NC(=O)[C@@H](Cc1ccccc1)N(Cc1cccc(C)c1)C(=O)CN(c1cc(C)ccc1C)S(=O)(=O)N(C)C. The number of nitrogens with zero attached hydrogens (tertiary/aromatic N) is 3. The molecular weight excluding hydrogens is 548 g/mol. The van der Waals surface area contributed by atoms with Crippen LogP contribution in [0.1, 0.15) is 48.1 Å². The molecule has 0 aliphatic rings. The minimum Gasteiger partial charge on any atom is -0.352 e. The maximum Gasteiger partial charge on any atom is 0.304 e. The molecule has 2 amide bonds. The fraction of sp³-hybridized carbons (Fsp3) is 0.394. The van der Waals surface area contributed by atoms with Gasteiger partial charge in [0.25, 0.3) is 0 Å². The Labute approximate surface area is 251 Å². The predicted molar refractivity (Wildman–Crippen MR) is 169 cm³/mol. The van der Waals surface area contributed by atoms with Gasteiger partial charge in [-0.3, -0.25) is 9.59 Å². The Balaban J connectivity index is 2.13. The van der Waals surface area contributed by atoms with E-state index in [2.05, 4.69) is 5.32 Å². The third kappa shape index (κ3) is 8.42. The van der Waals surface area contributed by atoms with E-state index in [-0.39, 0.29) is 24.9 Å². The summed E-state index contributed by atoms with van der Waals surface area (Å²) in [6.07, 6.45) is 1.02. The number of amides is 2. The molecule has 3 rings (SSSR count). The molecule has 2 atom stereocenters. The van der Waals surface area contributed by atoms with Crippen molar-refractivity contribution in [1.29, 1.82) is 0 Å². The number of carbonyl (C=O) groups excluding carboxylic acids is 2. The maximum atomic E-state index is 14.4. The third-order valence-electron chi connectivity index (χ3n) is 7.36. The van der Waals surface area contributed by atoms with Crippen LogP contribution in [-0.4, -0.2) is 62.2 Å². The van der Waals surface area contributed by atoms with Gasteiger partial charge in [0.1, 0.15) is 12.6 Å².